The molecule has 20 heavy (non-hydrogen) atoms. The summed E-state index contributed by atoms with van der Waals surface area (Å²) in [6.07, 6.45) is 5.35. The van der Waals surface area contributed by atoms with E-state index in [2.05, 4.69) is 24.0 Å². The molecule has 5 heteroatoms. The van der Waals surface area contributed by atoms with E-state index in [1.165, 1.54) is 24.3 Å². The summed E-state index contributed by atoms with van der Waals surface area (Å²) in [5, 5.41) is 3.40. The Hall–Kier alpha value is 0.190. The lowest BCUT2D eigenvalue weighted by Gasteiger charge is -2.43. The Morgan fingerprint density at radius 1 is 1.30 bits per heavy atom. The van der Waals surface area contributed by atoms with Crippen LogP contribution < -0.4 is 5.32 Å². The fourth-order valence-corrected chi connectivity index (χ4v) is 4.67. The number of morpholine rings is 1. The molecule has 3 unspecified atom stereocenters. The van der Waals surface area contributed by atoms with Gasteiger partial charge < -0.3 is 19.5 Å². The summed E-state index contributed by atoms with van der Waals surface area (Å²) in [5.74, 6) is 2.47. The number of thioether (sulfide) groups is 1. The van der Waals surface area contributed by atoms with Gasteiger partial charge in [-0.05, 0) is 37.7 Å². The molecule has 0 aromatic carbocycles. The van der Waals surface area contributed by atoms with Crippen LogP contribution >= 0.6 is 11.8 Å². The normalized spacial score (nSPS) is 38.0. The van der Waals surface area contributed by atoms with Gasteiger partial charge in [-0.15, -0.1) is 0 Å². The minimum absolute atomic E-state index is 0.118. The standard InChI is InChI=1S/C15H27NO3S/c1-12-9-16-10-14(19-12)11-17-13-2-5-18-15(8-13)3-6-20-7-4-15/h12-14,16H,2-11H2,1H3. The fraction of sp³-hybridized carbons (Fsp3) is 1.00. The van der Waals surface area contributed by atoms with E-state index >= 15 is 0 Å². The smallest absolute Gasteiger partial charge is 0.0936 e. The minimum Gasteiger partial charge on any atom is -0.375 e. The van der Waals surface area contributed by atoms with Crippen LogP contribution in [0.25, 0.3) is 0 Å². The van der Waals surface area contributed by atoms with Crippen molar-refractivity contribution in [2.75, 3.05) is 37.8 Å². The molecule has 0 saturated carbocycles. The van der Waals surface area contributed by atoms with Crippen LogP contribution in [-0.4, -0.2) is 61.7 Å². The van der Waals surface area contributed by atoms with E-state index in [9.17, 15) is 0 Å². The van der Waals surface area contributed by atoms with E-state index in [0.717, 1.165) is 32.5 Å². The van der Waals surface area contributed by atoms with Gasteiger partial charge in [0.1, 0.15) is 0 Å². The molecule has 0 bridgehead atoms. The highest BCUT2D eigenvalue weighted by Gasteiger charge is 2.39. The van der Waals surface area contributed by atoms with Gasteiger partial charge in [-0.25, -0.2) is 0 Å². The molecule has 3 fully saturated rings. The van der Waals surface area contributed by atoms with Gasteiger partial charge in [0.05, 0.1) is 30.5 Å². The highest BCUT2D eigenvalue weighted by atomic mass is 32.2. The third-order valence-electron chi connectivity index (χ3n) is 4.60. The van der Waals surface area contributed by atoms with Crippen molar-refractivity contribution in [2.45, 2.75) is 56.5 Å². The van der Waals surface area contributed by atoms with Crippen LogP contribution in [0.1, 0.15) is 32.6 Å². The van der Waals surface area contributed by atoms with Crippen LogP contribution in [-0.2, 0) is 14.2 Å². The molecule has 0 radical (unpaired) electrons. The van der Waals surface area contributed by atoms with E-state index in [1.54, 1.807) is 0 Å². The second kappa shape index (κ2) is 6.97. The fourth-order valence-electron chi connectivity index (χ4n) is 3.43. The maximum Gasteiger partial charge on any atom is 0.0936 e. The SMILES string of the molecule is CC1CNCC(COC2CCOC3(CCSCC3)C2)O1. The van der Waals surface area contributed by atoms with Crippen LogP contribution in [0.3, 0.4) is 0 Å². The number of ether oxygens (including phenoxy) is 3. The van der Waals surface area contributed by atoms with E-state index in [-0.39, 0.29) is 11.7 Å². The Labute approximate surface area is 126 Å². The van der Waals surface area contributed by atoms with E-state index < -0.39 is 0 Å². The topological polar surface area (TPSA) is 39.7 Å². The van der Waals surface area contributed by atoms with Gasteiger partial charge in [0, 0.05) is 26.1 Å². The van der Waals surface area contributed by atoms with Crippen molar-refractivity contribution >= 4 is 11.8 Å². The Morgan fingerprint density at radius 3 is 2.95 bits per heavy atom. The Balaban J connectivity index is 1.45. The summed E-state index contributed by atoms with van der Waals surface area (Å²) in [6, 6.07) is 0. The number of hydrogen-bond acceptors (Lipinski definition) is 5. The van der Waals surface area contributed by atoms with E-state index in [0.29, 0.717) is 18.8 Å². The Morgan fingerprint density at radius 2 is 2.15 bits per heavy atom. The number of rotatable bonds is 3. The van der Waals surface area contributed by atoms with Crippen LogP contribution in [0.2, 0.25) is 0 Å². The zero-order chi connectivity index (χ0) is 13.8. The minimum atomic E-state index is 0.118. The van der Waals surface area contributed by atoms with E-state index in [4.69, 9.17) is 14.2 Å². The molecular formula is C15H27NO3S. The van der Waals surface area contributed by atoms with E-state index in [1.807, 2.05) is 0 Å². The number of nitrogens with one attached hydrogen (secondary N) is 1. The quantitative estimate of drug-likeness (QED) is 0.861. The molecule has 3 saturated heterocycles. The average molecular weight is 301 g/mol. The molecule has 0 aromatic rings. The van der Waals surface area contributed by atoms with Gasteiger partial charge >= 0.3 is 0 Å². The molecule has 3 rings (SSSR count). The zero-order valence-corrected chi connectivity index (χ0v) is 13.3. The van der Waals surface area contributed by atoms with Crippen LogP contribution in [0, 0.1) is 0 Å². The van der Waals surface area contributed by atoms with Crippen molar-refractivity contribution in [3.05, 3.63) is 0 Å². The molecule has 3 aliphatic heterocycles. The lowest BCUT2D eigenvalue weighted by Crippen LogP contribution is -2.48. The highest BCUT2D eigenvalue weighted by molar-refractivity contribution is 7.99. The molecule has 116 valence electrons. The third kappa shape index (κ3) is 3.89. The van der Waals surface area contributed by atoms with Crippen molar-refractivity contribution in [3.63, 3.8) is 0 Å². The first-order valence-corrected chi connectivity index (χ1v) is 9.11. The van der Waals surface area contributed by atoms with Gasteiger partial charge in [-0.3, -0.25) is 0 Å². The van der Waals surface area contributed by atoms with Crippen LogP contribution in [0.4, 0.5) is 0 Å². The zero-order valence-electron chi connectivity index (χ0n) is 12.4. The molecule has 3 aliphatic rings. The molecule has 1 N–H and O–H groups in total. The first-order valence-electron chi connectivity index (χ1n) is 7.95. The molecule has 0 aliphatic carbocycles. The summed E-state index contributed by atoms with van der Waals surface area (Å²) >= 11 is 2.05. The van der Waals surface area contributed by atoms with Crippen LogP contribution in [0.15, 0.2) is 0 Å². The molecule has 4 nitrogen and oxygen atoms in total. The summed E-state index contributed by atoms with van der Waals surface area (Å²) < 4.78 is 18.1. The summed E-state index contributed by atoms with van der Waals surface area (Å²) in [7, 11) is 0. The summed E-state index contributed by atoms with van der Waals surface area (Å²) in [5.41, 5.74) is 0.118. The first kappa shape index (κ1) is 15.1. The lowest BCUT2D eigenvalue weighted by molar-refractivity contribution is -0.153. The predicted molar refractivity (Wildman–Crippen MR) is 81.4 cm³/mol. The van der Waals surface area contributed by atoms with Crippen molar-refractivity contribution in [3.8, 4) is 0 Å². The molecular weight excluding hydrogens is 274 g/mol. The predicted octanol–water partition coefficient (Wildman–Crippen LogP) is 1.82. The maximum atomic E-state index is 6.15. The second-order valence-electron chi connectivity index (χ2n) is 6.32. The molecule has 3 atom stereocenters. The van der Waals surface area contributed by atoms with Gasteiger partial charge in [0.2, 0.25) is 0 Å². The number of hydrogen-bond donors (Lipinski definition) is 1. The Bertz CT molecular complexity index is 304. The van der Waals surface area contributed by atoms with Crippen molar-refractivity contribution < 1.29 is 14.2 Å². The van der Waals surface area contributed by atoms with Gasteiger partial charge in [-0.1, -0.05) is 0 Å². The average Bonchev–Trinajstić information content (AvgIpc) is 2.46. The maximum absolute atomic E-state index is 6.15. The second-order valence-corrected chi connectivity index (χ2v) is 7.54. The van der Waals surface area contributed by atoms with Crippen LogP contribution in [0.5, 0.6) is 0 Å². The highest BCUT2D eigenvalue weighted by Crippen LogP contribution is 2.38. The molecule has 0 amide bonds. The first-order chi connectivity index (χ1) is 9.76. The largest absolute Gasteiger partial charge is 0.375 e. The van der Waals surface area contributed by atoms with Crippen molar-refractivity contribution in [1.82, 2.24) is 5.32 Å². The van der Waals surface area contributed by atoms with Crippen molar-refractivity contribution in [2.24, 2.45) is 0 Å². The monoisotopic (exact) mass is 301 g/mol. The molecule has 1 spiro atoms. The van der Waals surface area contributed by atoms with Gasteiger partial charge in [0.15, 0.2) is 0 Å². The summed E-state index contributed by atoms with van der Waals surface area (Å²) in [4.78, 5) is 0. The third-order valence-corrected chi connectivity index (χ3v) is 5.58. The van der Waals surface area contributed by atoms with Gasteiger partial charge in [-0.2, -0.15) is 11.8 Å². The van der Waals surface area contributed by atoms with Gasteiger partial charge in [0.25, 0.3) is 0 Å². The molecule has 3 heterocycles. The lowest BCUT2D eigenvalue weighted by atomic mass is 9.86. The molecule has 0 aromatic heterocycles. The Kier molecular flexibility index (Phi) is 5.26. The van der Waals surface area contributed by atoms with Crippen molar-refractivity contribution in [1.29, 1.82) is 0 Å². The summed E-state index contributed by atoms with van der Waals surface area (Å²) in [6.45, 7) is 5.55.